The van der Waals surface area contributed by atoms with Crippen molar-refractivity contribution in [2.45, 2.75) is 0 Å². The van der Waals surface area contributed by atoms with Crippen LogP contribution in [0, 0.1) is 0 Å². The molecule has 3 aromatic rings. The van der Waals surface area contributed by atoms with Gasteiger partial charge in [0.15, 0.2) is 6.61 Å². The van der Waals surface area contributed by atoms with Crippen LogP contribution >= 0.6 is 11.6 Å². The van der Waals surface area contributed by atoms with Crippen LogP contribution in [0.3, 0.4) is 0 Å². The van der Waals surface area contributed by atoms with Crippen LogP contribution in [0.4, 0.5) is 11.4 Å². The largest absolute Gasteiger partial charge is 0.490 e. The van der Waals surface area contributed by atoms with Crippen LogP contribution in [0.25, 0.3) is 0 Å². The molecular formula is C26H23ClN4O5. The highest BCUT2D eigenvalue weighted by Gasteiger charge is 2.13. The van der Waals surface area contributed by atoms with Gasteiger partial charge in [-0.3, -0.25) is 14.4 Å². The first-order valence-electron chi connectivity index (χ1n) is 10.7. The summed E-state index contributed by atoms with van der Waals surface area (Å²) in [6.45, 7) is 3.68. The van der Waals surface area contributed by atoms with Gasteiger partial charge in [0.1, 0.15) is 18.1 Å². The third-order valence-corrected chi connectivity index (χ3v) is 4.71. The number of hydrazone groups is 1. The lowest BCUT2D eigenvalue weighted by Crippen LogP contribution is -2.32. The molecule has 3 aromatic carbocycles. The van der Waals surface area contributed by atoms with Crippen molar-refractivity contribution >= 4 is 46.9 Å². The zero-order valence-electron chi connectivity index (χ0n) is 19.1. The highest BCUT2D eigenvalue weighted by molar-refractivity contribution is 6.39. The molecular weight excluding hydrogens is 484 g/mol. The molecule has 0 saturated carbocycles. The number of ether oxygens (including phenoxy) is 2. The second kappa shape index (κ2) is 13.3. The van der Waals surface area contributed by atoms with Crippen molar-refractivity contribution in [1.82, 2.24) is 5.43 Å². The van der Waals surface area contributed by atoms with Gasteiger partial charge in [-0.05, 0) is 60.7 Å². The number of nitrogens with one attached hydrogen (secondary N) is 3. The minimum atomic E-state index is -0.959. The normalized spacial score (nSPS) is 10.4. The van der Waals surface area contributed by atoms with E-state index in [-0.39, 0.29) is 12.5 Å². The van der Waals surface area contributed by atoms with E-state index in [1.807, 2.05) is 0 Å². The SMILES string of the molecule is C=CCOc1ccc(NC(=O)C(=O)N/N=C\c2ccccc2OCC(=O)Nc2ccc(Cl)cc2)cc1. The molecule has 0 bridgehead atoms. The Balaban J connectivity index is 1.49. The van der Waals surface area contributed by atoms with E-state index in [4.69, 9.17) is 21.1 Å². The molecule has 10 heteroatoms. The smallest absolute Gasteiger partial charge is 0.329 e. The van der Waals surface area contributed by atoms with E-state index < -0.39 is 11.8 Å². The molecule has 0 aromatic heterocycles. The molecule has 0 spiro atoms. The Morgan fingerprint density at radius 2 is 1.53 bits per heavy atom. The number of rotatable bonds is 10. The quantitative estimate of drug-likeness (QED) is 0.166. The van der Waals surface area contributed by atoms with Crippen LogP contribution < -0.4 is 25.5 Å². The van der Waals surface area contributed by atoms with Gasteiger partial charge in [0.05, 0.1) is 6.21 Å². The minimum absolute atomic E-state index is 0.250. The standard InChI is InChI=1S/C26H23ClN4O5/c1-2-15-35-22-13-11-21(12-14-22)30-25(33)26(34)31-28-16-18-5-3-4-6-23(18)36-17-24(32)29-20-9-7-19(27)8-10-20/h2-14,16H,1,15,17H2,(H,29,32)(H,30,33)(H,31,34)/b28-16-. The van der Waals surface area contributed by atoms with Crippen LogP contribution in [0.15, 0.2) is 90.6 Å². The fraction of sp³-hybridized carbons (Fsp3) is 0.0769. The summed E-state index contributed by atoms with van der Waals surface area (Å²) in [5.74, 6) is -1.25. The van der Waals surface area contributed by atoms with Gasteiger partial charge in [0.2, 0.25) is 0 Å². The number of para-hydroxylation sites is 1. The average molecular weight is 507 g/mol. The van der Waals surface area contributed by atoms with E-state index in [2.05, 4.69) is 27.7 Å². The number of hydrogen-bond donors (Lipinski definition) is 3. The Morgan fingerprint density at radius 1 is 0.861 bits per heavy atom. The summed E-state index contributed by atoms with van der Waals surface area (Å²) < 4.78 is 10.9. The molecule has 3 rings (SSSR count). The van der Waals surface area contributed by atoms with Gasteiger partial charge in [0, 0.05) is 22.0 Å². The molecule has 0 heterocycles. The third-order valence-electron chi connectivity index (χ3n) is 4.46. The Morgan fingerprint density at radius 3 is 2.25 bits per heavy atom. The average Bonchev–Trinajstić information content (AvgIpc) is 2.89. The van der Waals surface area contributed by atoms with E-state index in [1.54, 1.807) is 78.9 Å². The molecule has 0 unspecified atom stereocenters. The molecule has 0 atom stereocenters. The Hall–Kier alpha value is -4.63. The number of nitrogens with zero attached hydrogens (tertiary/aromatic N) is 1. The predicted molar refractivity (Wildman–Crippen MR) is 139 cm³/mol. The lowest BCUT2D eigenvalue weighted by molar-refractivity contribution is -0.136. The van der Waals surface area contributed by atoms with Gasteiger partial charge in [-0.2, -0.15) is 5.10 Å². The fourth-order valence-corrected chi connectivity index (χ4v) is 2.91. The maximum Gasteiger partial charge on any atom is 0.329 e. The van der Waals surface area contributed by atoms with E-state index >= 15 is 0 Å². The predicted octanol–water partition coefficient (Wildman–Crippen LogP) is 4.01. The van der Waals surface area contributed by atoms with E-state index in [1.165, 1.54) is 6.21 Å². The first kappa shape index (κ1) is 26.0. The number of carbonyl (C=O) groups excluding carboxylic acids is 3. The van der Waals surface area contributed by atoms with Crippen molar-refractivity contribution in [2.75, 3.05) is 23.8 Å². The minimum Gasteiger partial charge on any atom is -0.490 e. The van der Waals surface area contributed by atoms with Crippen LogP contribution in [-0.2, 0) is 14.4 Å². The molecule has 36 heavy (non-hydrogen) atoms. The monoisotopic (exact) mass is 506 g/mol. The molecule has 0 fully saturated rings. The third kappa shape index (κ3) is 8.30. The first-order chi connectivity index (χ1) is 17.4. The summed E-state index contributed by atoms with van der Waals surface area (Å²) in [5, 5.41) is 9.53. The number of amides is 3. The fourth-order valence-electron chi connectivity index (χ4n) is 2.78. The van der Waals surface area contributed by atoms with E-state index in [0.29, 0.717) is 40.1 Å². The summed E-state index contributed by atoms with van der Waals surface area (Å²) in [5.41, 5.74) is 3.65. The molecule has 9 nitrogen and oxygen atoms in total. The number of carbonyl (C=O) groups is 3. The van der Waals surface area contributed by atoms with Crippen LogP contribution in [0.5, 0.6) is 11.5 Å². The number of halogens is 1. The van der Waals surface area contributed by atoms with Crippen molar-refractivity contribution < 1.29 is 23.9 Å². The summed E-state index contributed by atoms with van der Waals surface area (Å²) in [4.78, 5) is 36.3. The molecule has 184 valence electrons. The number of benzene rings is 3. The van der Waals surface area contributed by atoms with Gasteiger partial charge in [0.25, 0.3) is 5.91 Å². The second-order valence-electron chi connectivity index (χ2n) is 7.16. The zero-order valence-corrected chi connectivity index (χ0v) is 19.8. The van der Waals surface area contributed by atoms with Crippen molar-refractivity contribution in [2.24, 2.45) is 5.10 Å². The molecule has 3 amide bonds. The van der Waals surface area contributed by atoms with Crippen molar-refractivity contribution in [3.8, 4) is 11.5 Å². The highest BCUT2D eigenvalue weighted by atomic mass is 35.5. The van der Waals surface area contributed by atoms with Crippen molar-refractivity contribution in [3.05, 3.63) is 96.0 Å². The Bertz CT molecular complexity index is 1240. The summed E-state index contributed by atoms with van der Waals surface area (Å²) in [7, 11) is 0. The van der Waals surface area contributed by atoms with Gasteiger partial charge in [-0.15, -0.1) is 0 Å². The van der Waals surface area contributed by atoms with Gasteiger partial charge < -0.3 is 20.1 Å². The molecule has 0 radical (unpaired) electrons. The zero-order chi connectivity index (χ0) is 25.8. The lowest BCUT2D eigenvalue weighted by Gasteiger charge is -2.09. The first-order valence-corrected chi connectivity index (χ1v) is 11.1. The van der Waals surface area contributed by atoms with Gasteiger partial charge in [-0.25, -0.2) is 5.43 Å². The number of anilines is 2. The maximum atomic E-state index is 12.2. The number of hydrogen-bond acceptors (Lipinski definition) is 6. The van der Waals surface area contributed by atoms with Crippen LogP contribution in [-0.4, -0.2) is 37.1 Å². The van der Waals surface area contributed by atoms with Crippen molar-refractivity contribution in [3.63, 3.8) is 0 Å². The summed E-state index contributed by atoms with van der Waals surface area (Å²) >= 11 is 5.84. The summed E-state index contributed by atoms with van der Waals surface area (Å²) in [6, 6.07) is 20.0. The second-order valence-corrected chi connectivity index (χ2v) is 7.60. The molecule has 3 N–H and O–H groups in total. The Kier molecular flexibility index (Phi) is 9.60. The molecule has 0 aliphatic carbocycles. The Labute approximate surface area is 212 Å². The van der Waals surface area contributed by atoms with Crippen LogP contribution in [0.2, 0.25) is 5.02 Å². The topological polar surface area (TPSA) is 118 Å². The van der Waals surface area contributed by atoms with E-state index in [0.717, 1.165) is 0 Å². The van der Waals surface area contributed by atoms with Crippen molar-refractivity contribution in [1.29, 1.82) is 0 Å². The van der Waals surface area contributed by atoms with Crippen LogP contribution in [0.1, 0.15) is 5.56 Å². The molecule has 0 aliphatic rings. The summed E-state index contributed by atoms with van der Waals surface area (Å²) in [6.07, 6.45) is 2.92. The molecule has 0 saturated heterocycles. The van der Waals surface area contributed by atoms with Gasteiger partial charge in [-0.1, -0.05) is 36.4 Å². The maximum absolute atomic E-state index is 12.2. The molecule has 0 aliphatic heterocycles. The highest BCUT2D eigenvalue weighted by Crippen LogP contribution is 2.17. The van der Waals surface area contributed by atoms with Gasteiger partial charge >= 0.3 is 11.8 Å². The lowest BCUT2D eigenvalue weighted by atomic mass is 10.2. The van der Waals surface area contributed by atoms with E-state index in [9.17, 15) is 14.4 Å².